The minimum absolute atomic E-state index is 0.102. The summed E-state index contributed by atoms with van der Waals surface area (Å²) >= 11 is 0. The third-order valence-electron chi connectivity index (χ3n) is 4.00. The number of aromatic hydroxyl groups is 2. The van der Waals surface area contributed by atoms with Crippen molar-refractivity contribution in [3.05, 3.63) is 58.7 Å². The zero-order chi connectivity index (χ0) is 20.1. The quantitative estimate of drug-likeness (QED) is 0.742. The SMILES string of the molecule is CC(C)(C)c1cccc(C=O)c1O.CC(C)(C)c1cccc(C=O)c1O. The molecule has 140 valence electrons. The zero-order valence-electron chi connectivity index (χ0n) is 16.3. The van der Waals surface area contributed by atoms with Gasteiger partial charge in [-0.1, -0.05) is 65.8 Å². The van der Waals surface area contributed by atoms with Gasteiger partial charge in [-0.15, -0.1) is 0 Å². The van der Waals surface area contributed by atoms with Gasteiger partial charge in [0.1, 0.15) is 11.5 Å². The van der Waals surface area contributed by atoms with Gasteiger partial charge in [-0.05, 0) is 34.1 Å². The Hall–Kier alpha value is -2.62. The van der Waals surface area contributed by atoms with Gasteiger partial charge < -0.3 is 10.2 Å². The maximum atomic E-state index is 10.5. The van der Waals surface area contributed by atoms with Crippen LogP contribution in [0.1, 0.15) is 73.4 Å². The summed E-state index contributed by atoms with van der Waals surface area (Å²) in [5, 5.41) is 19.4. The first-order valence-corrected chi connectivity index (χ1v) is 8.48. The minimum atomic E-state index is -0.136. The summed E-state index contributed by atoms with van der Waals surface area (Å²) in [4.78, 5) is 21.1. The lowest BCUT2D eigenvalue weighted by atomic mass is 9.85. The molecule has 0 bridgehead atoms. The van der Waals surface area contributed by atoms with Crippen LogP contribution in [-0.4, -0.2) is 22.8 Å². The normalized spacial score (nSPS) is 11.3. The smallest absolute Gasteiger partial charge is 0.153 e. The number of benzene rings is 2. The summed E-state index contributed by atoms with van der Waals surface area (Å²) in [6, 6.07) is 10.5. The fraction of sp³-hybridized carbons (Fsp3) is 0.364. The largest absolute Gasteiger partial charge is 0.507 e. The third-order valence-corrected chi connectivity index (χ3v) is 4.00. The average Bonchev–Trinajstić information content (AvgIpc) is 2.53. The third kappa shape index (κ3) is 5.19. The number of carbonyl (C=O) groups excluding carboxylic acids is 2. The number of phenolic OH excluding ortho intramolecular Hbond substituents is 2. The molecule has 4 heteroatoms. The Morgan fingerprint density at radius 2 is 0.962 bits per heavy atom. The highest BCUT2D eigenvalue weighted by Gasteiger charge is 2.20. The first-order valence-electron chi connectivity index (χ1n) is 8.48. The van der Waals surface area contributed by atoms with Gasteiger partial charge in [-0.3, -0.25) is 9.59 Å². The lowest BCUT2D eigenvalue weighted by Gasteiger charge is -2.20. The van der Waals surface area contributed by atoms with Crippen molar-refractivity contribution in [3.63, 3.8) is 0 Å². The molecule has 0 amide bonds. The van der Waals surface area contributed by atoms with Crippen molar-refractivity contribution < 1.29 is 19.8 Å². The van der Waals surface area contributed by atoms with E-state index in [9.17, 15) is 19.8 Å². The van der Waals surface area contributed by atoms with E-state index in [1.807, 2.05) is 53.7 Å². The van der Waals surface area contributed by atoms with Crippen LogP contribution in [-0.2, 0) is 10.8 Å². The topological polar surface area (TPSA) is 74.6 Å². The van der Waals surface area contributed by atoms with E-state index in [0.717, 1.165) is 11.1 Å². The fourth-order valence-electron chi connectivity index (χ4n) is 2.52. The molecule has 0 spiro atoms. The van der Waals surface area contributed by atoms with Crippen molar-refractivity contribution in [2.24, 2.45) is 0 Å². The van der Waals surface area contributed by atoms with Crippen LogP contribution >= 0.6 is 0 Å². The van der Waals surface area contributed by atoms with Crippen molar-refractivity contribution >= 4 is 12.6 Å². The van der Waals surface area contributed by atoms with Crippen LogP contribution in [0, 0.1) is 0 Å². The molecule has 0 aliphatic heterocycles. The van der Waals surface area contributed by atoms with E-state index in [2.05, 4.69) is 0 Å². The number of rotatable bonds is 2. The number of aldehydes is 2. The molecule has 0 aliphatic rings. The van der Waals surface area contributed by atoms with E-state index >= 15 is 0 Å². The first kappa shape index (κ1) is 21.4. The van der Waals surface area contributed by atoms with Crippen molar-refractivity contribution in [2.45, 2.75) is 52.4 Å². The Bertz CT molecular complexity index is 710. The number of hydrogen-bond acceptors (Lipinski definition) is 4. The number of carbonyl (C=O) groups is 2. The van der Waals surface area contributed by atoms with Crippen LogP contribution in [0.15, 0.2) is 36.4 Å². The van der Waals surface area contributed by atoms with Crippen LogP contribution < -0.4 is 0 Å². The molecule has 2 rings (SSSR count). The van der Waals surface area contributed by atoms with Crippen LogP contribution in [0.25, 0.3) is 0 Å². The standard InChI is InChI=1S/2C11H14O2/c2*1-11(2,3)9-6-4-5-8(7-12)10(9)13/h2*4-7,13H,1-3H3. The Kier molecular flexibility index (Phi) is 6.73. The molecule has 0 atom stereocenters. The van der Waals surface area contributed by atoms with Crippen molar-refractivity contribution in [1.82, 2.24) is 0 Å². The monoisotopic (exact) mass is 356 g/mol. The summed E-state index contributed by atoms with van der Waals surface area (Å²) in [6.45, 7) is 12.0. The van der Waals surface area contributed by atoms with Crippen molar-refractivity contribution in [3.8, 4) is 11.5 Å². The highest BCUT2D eigenvalue weighted by atomic mass is 16.3. The zero-order valence-corrected chi connectivity index (χ0v) is 16.3. The molecule has 4 nitrogen and oxygen atoms in total. The fourth-order valence-corrected chi connectivity index (χ4v) is 2.52. The molecular weight excluding hydrogens is 328 g/mol. The van der Waals surface area contributed by atoms with Crippen LogP contribution in [0.5, 0.6) is 11.5 Å². The lowest BCUT2D eigenvalue weighted by molar-refractivity contribution is 0.111. The van der Waals surface area contributed by atoms with E-state index in [1.54, 1.807) is 24.3 Å². The molecule has 26 heavy (non-hydrogen) atoms. The van der Waals surface area contributed by atoms with Gasteiger partial charge in [0.25, 0.3) is 0 Å². The van der Waals surface area contributed by atoms with Gasteiger partial charge in [0.2, 0.25) is 0 Å². The number of hydrogen-bond donors (Lipinski definition) is 2. The Labute approximate surface area is 155 Å². The Morgan fingerprint density at radius 3 is 1.19 bits per heavy atom. The van der Waals surface area contributed by atoms with Crippen LogP contribution in [0.4, 0.5) is 0 Å². The molecule has 0 heterocycles. The maximum Gasteiger partial charge on any atom is 0.153 e. The second kappa shape index (κ2) is 8.17. The van der Waals surface area contributed by atoms with E-state index in [-0.39, 0.29) is 22.3 Å². The number of phenols is 2. The highest BCUT2D eigenvalue weighted by molar-refractivity contribution is 5.80. The Morgan fingerprint density at radius 1 is 0.654 bits per heavy atom. The van der Waals surface area contributed by atoms with Gasteiger partial charge in [0, 0.05) is 0 Å². The minimum Gasteiger partial charge on any atom is -0.507 e. The maximum absolute atomic E-state index is 10.5. The average molecular weight is 356 g/mol. The lowest BCUT2D eigenvalue weighted by Crippen LogP contribution is -2.11. The molecule has 0 saturated carbocycles. The molecular formula is C22H28O4. The first-order chi connectivity index (χ1) is 11.9. The molecule has 0 fully saturated rings. The highest BCUT2D eigenvalue weighted by Crippen LogP contribution is 2.33. The molecule has 2 N–H and O–H groups in total. The molecule has 2 aromatic carbocycles. The van der Waals surface area contributed by atoms with Crippen LogP contribution in [0.3, 0.4) is 0 Å². The summed E-state index contributed by atoms with van der Waals surface area (Å²) in [7, 11) is 0. The van der Waals surface area contributed by atoms with Crippen molar-refractivity contribution in [2.75, 3.05) is 0 Å². The van der Waals surface area contributed by atoms with Gasteiger partial charge in [0.15, 0.2) is 12.6 Å². The summed E-state index contributed by atoms with van der Waals surface area (Å²) < 4.78 is 0. The van der Waals surface area contributed by atoms with E-state index in [1.165, 1.54) is 0 Å². The molecule has 0 aromatic heterocycles. The number of para-hydroxylation sites is 2. The van der Waals surface area contributed by atoms with Gasteiger partial charge in [-0.25, -0.2) is 0 Å². The van der Waals surface area contributed by atoms with E-state index < -0.39 is 0 Å². The van der Waals surface area contributed by atoms with E-state index in [0.29, 0.717) is 23.7 Å². The van der Waals surface area contributed by atoms with E-state index in [4.69, 9.17) is 0 Å². The summed E-state index contributed by atoms with van der Waals surface area (Å²) in [5.74, 6) is 0.204. The van der Waals surface area contributed by atoms with Gasteiger partial charge in [0.05, 0.1) is 11.1 Å². The molecule has 0 aliphatic carbocycles. The van der Waals surface area contributed by atoms with Gasteiger partial charge >= 0.3 is 0 Å². The second-order valence-corrected chi connectivity index (χ2v) is 8.22. The predicted molar refractivity (Wildman–Crippen MR) is 104 cm³/mol. The second-order valence-electron chi connectivity index (χ2n) is 8.22. The molecule has 0 radical (unpaired) electrons. The summed E-state index contributed by atoms with van der Waals surface area (Å²) in [5.41, 5.74) is 2.04. The molecule has 2 aromatic rings. The molecule has 0 saturated heterocycles. The van der Waals surface area contributed by atoms with Crippen molar-refractivity contribution in [1.29, 1.82) is 0 Å². The summed E-state index contributed by atoms with van der Waals surface area (Å²) in [6.07, 6.45) is 1.34. The van der Waals surface area contributed by atoms with Gasteiger partial charge in [-0.2, -0.15) is 0 Å². The molecule has 0 unspecified atom stereocenters. The van der Waals surface area contributed by atoms with Crippen LogP contribution in [0.2, 0.25) is 0 Å². The Balaban J connectivity index is 0.000000260. The predicted octanol–water partition coefficient (Wildman–Crippen LogP) is 5.00.